The smallest absolute Gasteiger partial charge is 0.196 e. The Morgan fingerprint density at radius 1 is 1.47 bits per heavy atom. The Morgan fingerprint density at radius 3 is 3.20 bits per heavy atom. The molecule has 0 bridgehead atoms. The van der Waals surface area contributed by atoms with Crippen LogP contribution in [-0.4, -0.2) is 5.29 Å². The van der Waals surface area contributed by atoms with Crippen LogP contribution >= 0.6 is 27.5 Å². The van der Waals surface area contributed by atoms with Crippen LogP contribution in [-0.2, 0) is 6.42 Å². The molecule has 0 saturated carbocycles. The van der Waals surface area contributed by atoms with E-state index in [1.807, 2.05) is 0 Å². The summed E-state index contributed by atoms with van der Waals surface area (Å²) in [6.45, 7) is 0. The maximum atomic E-state index is 5.96. The van der Waals surface area contributed by atoms with E-state index in [1.54, 1.807) is 0 Å². The fourth-order valence-electron chi connectivity index (χ4n) is 2.41. The second-order valence-electron chi connectivity index (χ2n) is 3.94. The molecule has 0 spiro atoms. The molecule has 0 radical (unpaired) electrons. The number of rotatable bonds is 0. The van der Waals surface area contributed by atoms with Gasteiger partial charge in [-0.3, -0.25) is 0 Å². The fraction of sp³-hybridized carbons (Fsp3) is 0.364. The first-order valence-corrected chi connectivity index (χ1v) is 6.24. The standard InChI is InChI=1S/C11H10BrClN2/c12-7-4-5-9-10-6(7)2-1-3-8(10)14-11(13)15-9/h4-5,8H,1-3H2,(H,14,15). The molecule has 1 aliphatic carbocycles. The Bertz CT molecular complexity index is 456. The lowest BCUT2D eigenvalue weighted by molar-refractivity contribution is 0.570. The van der Waals surface area contributed by atoms with E-state index in [9.17, 15) is 0 Å². The van der Waals surface area contributed by atoms with Gasteiger partial charge in [-0.15, -0.1) is 0 Å². The van der Waals surface area contributed by atoms with Crippen molar-refractivity contribution >= 4 is 38.5 Å². The number of nitrogens with one attached hydrogen (secondary N) is 1. The largest absolute Gasteiger partial charge is 0.330 e. The zero-order valence-corrected chi connectivity index (χ0v) is 10.4. The van der Waals surface area contributed by atoms with E-state index in [2.05, 4.69) is 38.4 Å². The Hall–Kier alpha value is -0.540. The number of halogens is 2. The number of benzene rings is 1. The molecular weight excluding hydrogens is 275 g/mol. The molecule has 1 aromatic carbocycles. The average Bonchev–Trinajstić information content (AvgIpc) is 2.23. The summed E-state index contributed by atoms with van der Waals surface area (Å²) in [7, 11) is 0. The zero-order chi connectivity index (χ0) is 10.4. The van der Waals surface area contributed by atoms with Gasteiger partial charge in [0.25, 0.3) is 0 Å². The molecule has 4 heteroatoms. The number of anilines is 1. The van der Waals surface area contributed by atoms with Crippen molar-refractivity contribution in [1.29, 1.82) is 0 Å². The van der Waals surface area contributed by atoms with Gasteiger partial charge in [0.05, 0.1) is 6.04 Å². The van der Waals surface area contributed by atoms with Gasteiger partial charge < -0.3 is 5.32 Å². The average molecular weight is 286 g/mol. The molecule has 15 heavy (non-hydrogen) atoms. The first-order chi connectivity index (χ1) is 7.25. The molecule has 0 fully saturated rings. The number of hydrogen-bond acceptors (Lipinski definition) is 2. The lowest BCUT2D eigenvalue weighted by Gasteiger charge is -2.30. The van der Waals surface area contributed by atoms with Crippen molar-refractivity contribution in [3.63, 3.8) is 0 Å². The Morgan fingerprint density at radius 2 is 2.33 bits per heavy atom. The summed E-state index contributed by atoms with van der Waals surface area (Å²) >= 11 is 9.56. The molecule has 1 N–H and O–H groups in total. The first-order valence-electron chi connectivity index (χ1n) is 5.07. The zero-order valence-electron chi connectivity index (χ0n) is 8.06. The third-order valence-corrected chi connectivity index (χ3v) is 3.98. The quantitative estimate of drug-likeness (QED) is 0.720. The van der Waals surface area contributed by atoms with Crippen LogP contribution in [0.1, 0.15) is 30.0 Å². The van der Waals surface area contributed by atoms with E-state index in [-0.39, 0.29) is 6.04 Å². The van der Waals surface area contributed by atoms with Gasteiger partial charge in [0.15, 0.2) is 5.29 Å². The van der Waals surface area contributed by atoms with Crippen molar-refractivity contribution < 1.29 is 0 Å². The van der Waals surface area contributed by atoms with Gasteiger partial charge in [0.2, 0.25) is 0 Å². The van der Waals surface area contributed by atoms with E-state index < -0.39 is 0 Å². The highest BCUT2D eigenvalue weighted by molar-refractivity contribution is 9.10. The molecule has 1 unspecified atom stereocenters. The van der Waals surface area contributed by atoms with Crippen molar-refractivity contribution in [2.24, 2.45) is 4.99 Å². The van der Waals surface area contributed by atoms with E-state index in [0.717, 1.165) is 18.5 Å². The van der Waals surface area contributed by atoms with E-state index >= 15 is 0 Å². The van der Waals surface area contributed by atoms with Crippen molar-refractivity contribution in [1.82, 2.24) is 0 Å². The summed E-state index contributed by atoms with van der Waals surface area (Å²) in [6.07, 6.45) is 3.43. The van der Waals surface area contributed by atoms with Gasteiger partial charge in [-0.1, -0.05) is 15.9 Å². The van der Waals surface area contributed by atoms with Crippen LogP contribution < -0.4 is 5.32 Å². The van der Waals surface area contributed by atoms with Crippen LogP contribution in [0.2, 0.25) is 0 Å². The van der Waals surface area contributed by atoms with E-state index in [4.69, 9.17) is 11.6 Å². The number of amidine groups is 1. The van der Waals surface area contributed by atoms with E-state index in [1.165, 1.54) is 22.0 Å². The molecule has 78 valence electrons. The number of hydrogen-bond donors (Lipinski definition) is 1. The first kappa shape index (κ1) is 9.67. The summed E-state index contributed by atoms with van der Waals surface area (Å²) in [6, 6.07) is 4.41. The molecule has 1 aromatic rings. The van der Waals surface area contributed by atoms with Gasteiger partial charge >= 0.3 is 0 Å². The molecule has 3 rings (SSSR count). The van der Waals surface area contributed by atoms with Gasteiger partial charge in [0, 0.05) is 15.7 Å². The summed E-state index contributed by atoms with van der Waals surface area (Å²) in [5.41, 5.74) is 3.85. The highest BCUT2D eigenvalue weighted by Gasteiger charge is 2.27. The molecule has 1 heterocycles. The minimum atomic E-state index is 0.259. The van der Waals surface area contributed by atoms with Crippen LogP contribution in [0.3, 0.4) is 0 Å². The maximum absolute atomic E-state index is 5.96. The Labute approximate surface area is 102 Å². The third-order valence-electron chi connectivity index (χ3n) is 3.04. The summed E-state index contributed by atoms with van der Waals surface area (Å²) in [5, 5.41) is 3.64. The minimum Gasteiger partial charge on any atom is -0.330 e. The highest BCUT2D eigenvalue weighted by Crippen LogP contribution is 2.43. The number of nitrogens with zero attached hydrogens (tertiary/aromatic N) is 1. The van der Waals surface area contributed by atoms with Gasteiger partial charge in [-0.2, -0.15) is 0 Å². The number of aliphatic imine (C=N–C) groups is 1. The van der Waals surface area contributed by atoms with Crippen molar-refractivity contribution in [3.8, 4) is 0 Å². The second-order valence-corrected chi connectivity index (χ2v) is 5.15. The van der Waals surface area contributed by atoms with Crippen molar-refractivity contribution in [3.05, 3.63) is 27.7 Å². The Kier molecular flexibility index (Phi) is 2.25. The lowest BCUT2D eigenvalue weighted by Crippen LogP contribution is -2.20. The van der Waals surface area contributed by atoms with E-state index in [0.29, 0.717) is 5.29 Å². The molecule has 0 saturated heterocycles. The van der Waals surface area contributed by atoms with Crippen LogP contribution in [0, 0.1) is 0 Å². The molecule has 0 aromatic heterocycles. The summed E-state index contributed by atoms with van der Waals surface area (Å²) in [4.78, 5) is 4.45. The van der Waals surface area contributed by atoms with Crippen molar-refractivity contribution in [2.45, 2.75) is 25.3 Å². The lowest BCUT2D eigenvalue weighted by atomic mass is 9.86. The molecule has 2 nitrogen and oxygen atoms in total. The summed E-state index contributed by atoms with van der Waals surface area (Å²) < 4.78 is 1.20. The summed E-state index contributed by atoms with van der Waals surface area (Å²) in [5.74, 6) is 0. The van der Waals surface area contributed by atoms with Gasteiger partial charge in [-0.05, 0) is 48.6 Å². The SMILES string of the molecule is ClC1=NC2CCCc3c(Br)ccc(c32)N1. The van der Waals surface area contributed by atoms with Crippen LogP contribution in [0.5, 0.6) is 0 Å². The highest BCUT2D eigenvalue weighted by atomic mass is 79.9. The molecule has 1 atom stereocenters. The molecule has 0 amide bonds. The normalized spacial score (nSPS) is 22.8. The molecule has 1 aliphatic heterocycles. The predicted molar refractivity (Wildman–Crippen MR) is 66.7 cm³/mol. The van der Waals surface area contributed by atoms with Crippen LogP contribution in [0.4, 0.5) is 5.69 Å². The maximum Gasteiger partial charge on any atom is 0.196 e. The predicted octanol–water partition coefficient (Wildman–Crippen LogP) is 3.85. The van der Waals surface area contributed by atoms with Gasteiger partial charge in [-0.25, -0.2) is 4.99 Å². The molecular formula is C11H10BrClN2. The Balaban J connectivity index is 2.23. The van der Waals surface area contributed by atoms with Crippen LogP contribution in [0.25, 0.3) is 0 Å². The molecule has 2 aliphatic rings. The topological polar surface area (TPSA) is 24.4 Å². The second kappa shape index (κ2) is 3.49. The van der Waals surface area contributed by atoms with Crippen molar-refractivity contribution in [2.75, 3.05) is 5.32 Å². The fourth-order valence-corrected chi connectivity index (χ4v) is 3.17. The third kappa shape index (κ3) is 1.49. The monoisotopic (exact) mass is 284 g/mol. The van der Waals surface area contributed by atoms with Crippen LogP contribution in [0.15, 0.2) is 21.6 Å². The van der Waals surface area contributed by atoms with Gasteiger partial charge in [0.1, 0.15) is 0 Å². The minimum absolute atomic E-state index is 0.259.